The van der Waals surface area contributed by atoms with Crippen LogP contribution in [0.25, 0.3) is 0 Å². The zero-order chi connectivity index (χ0) is 26.9. The number of nitro groups is 1. The van der Waals surface area contributed by atoms with Gasteiger partial charge in [0.25, 0.3) is 5.69 Å². The number of benzene rings is 2. The molecule has 0 spiro atoms. The number of hydrogen-bond donors (Lipinski definition) is 1. The Kier molecular flexibility index (Phi) is 10.4. The van der Waals surface area contributed by atoms with Crippen molar-refractivity contribution in [1.29, 1.82) is 0 Å². The van der Waals surface area contributed by atoms with E-state index in [1.165, 1.54) is 23.1 Å². The quantitative estimate of drug-likeness (QED) is 0.320. The highest BCUT2D eigenvalue weighted by atomic mass is 32.2. The minimum atomic E-state index is -3.97. The maximum absolute atomic E-state index is 13.6. The van der Waals surface area contributed by atoms with Gasteiger partial charge in [-0.1, -0.05) is 50.2 Å². The lowest BCUT2D eigenvalue weighted by molar-refractivity contribution is -0.384. The molecule has 2 aromatic rings. The summed E-state index contributed by atoms with van der Waals surface area (Å²) >= 11 is 0. The number of anilines is 1. The van der Waals surface area contributed by atoms with Gasteiger partial charge in [-0.2, -0.15) is 0 Å². The van der Waals surface area contributed by atoms with Gasteiger partial charge in [0, 0.05) is 24.7 Å². The highest BCUT2D eigenvalue weighted by Gasteiger charge is 2.32. The number of hydrogen-bond acceptors (Lipinski definition) is 6. The van der Waals surface area contributed by atoms with Gasteiger partial charge in [-0.15, -0.1) is 0 Å². The number of non-ortho nitro benzene ring substituents is 1. The molecule has 196 valence electrons. The van der Waals surface area contributed by atoms with Gasteiger partial charge in [0.2, 0.25) is 21.8 Å². The van der Waals surface area contributed by atoms with Crippen LogP contribution in [0.3, 0.4) is 0 Å². The lowest BCUT2D eigenvalue weighted by atomic mass is 10.1. The molecule has 0 fully saturated rings. The molecule has 2 rings (SSSR count). The van der Waals surface area contributed by atoms with E-state index in [1.54, 1.807) is 6.92 Å². The van der Waals surface area contributed by atoms with Crippen LogP contribution < -0.4 is 9.62 Å². The van der Waals surface area contributed by atoms with E-state index < -0.39 is 33.4 Å². The summed E-state index contributed by atoms with van der Waals surface area (Å²) in [7, 11) is -3.97. The molecular formula is C25H34N4O6S. The molecule has 2 amide bonds. The predicted octanol–water partition coefficient (Wildman–Crippen LogP) is 3.13. The van der Waals surface area contributed by atoms with Gasteiger partial charge in [0.1, 0.15) is 12.6 Å². The van der Waals surface area contributed by atoms with Crippen molar-refractivity contribution in [2.45, 2.75) is 52.1 Å². The van der Waals surface area contributed by atoms with Gasteiger partial charge in [0.05, 0.1) is 16.9 Å². The molecular weight excluding hydrogens is 484 g/mol. The Bertz CT molecular complexity index is 1160. The third-order valence-electron chi connectivity index (χ3n) is 5.88. The van der Waals surface area contributed by atoms with E-state index in [4.69, 9.17) is 0 Å². The van der Waals surface area contributed by atoms with Crippen molar-refractivity contribution < 1.29 is 22.9 Å². The summed E-state index contributed by atoms with van der Waals surface area (Å²) in [6.45, 7) is 5.20. The third-order valence-corrected chi connectivity index (χ3v) is 7.02. The minimum absolute atomic E-state index is 0.000152. The fourth-order valence-corrected chi connectivity index (χ4v) is 4.55. The van der Waals surface area contributed by atoms with Crippen molar-refractivity contribution >= 4 is 33.2 Å². The lowest BCUT2D eigenvalue weighted by Gasteiger charge is -2.33. The van der Waals surface area contributed by atoms with E-state index in [-0.39, 0.29) is 29.9 Å². The molecule has 11 heteroatoms. The first-order valence-electron chi connectivity index (χ1n) is 11.8. The number of nitrogens with zero attached hydrogens (tertiary/aromatic N) is 3. The summed E-state index contributed by atoms with van der Waals surface area (Å²) in [6.07, 6.45) is 2.45. The largest absolute Gasteiger partial charge is 0.352 e. The molecule has 36 heavy (non-hydrogen) atoms. The van der Waals surface area contributed by atoms with Gasteiger partial charge >= 0.3 is 0 Å². The number of amides is 2. The van der Waals surface area contributed by atoms with Crippen LogP contribution in [-0.4, -0.2) is 61.5 Å². The zero-order valence-corrected chi connectivity index (χ0v) is 21.9. The Morgan fingerprint density at radius 2 is 1.72 bits per heavy atom. The standard InChI is InChI=1S/C25H34N4O6S/c1-5-19(3)26-25(31)23(6-2)27(16-15-20-11-8-7-9-12-20)24(30)18-28(36(4,34)35)21-13-10-14-22(17-21)29(32)33/h7-14,17,19,23H,5-6,15-16,18H2,1-4H3,(H,26,31). The van der Waals surface area contributed by atoms with Gasteiger partial charge in [0.15, 0.2) is 0 Å². The maximum Gasteiger partial charge on any atom is 0.271 e. The Morgan fingerprint density at radius 3 is 2.28 bits per heavy atom. The molecule has 0 heterocycles. The first-order valence-corrected chi connectivity index (χ1v) is 13.7. The fraction of sp³-hybridized carbons (Fsp3) is 0.440. The molecule has 2 atom stereocenters. The topological polar surface area (TPSA) is 130 Å². The van der Waals surface area contributed by atoms with Crippen LogP contribution in [0.5, 0.6) is 0 Å². The van der Waals surface area contributed by atoms with Crippen molar-refractivity contribution in [2.24, 2.45) is 0 Å². The van der Waals surface area contributed by atoms with Gasteiger partial charge in [-0.3, -0.25) is 24.0 Å². The Hall–Kier alpha value is -3.47. The SMILES string of the molecule is CCC(C)NC(=O)C(CC)N(CCc1ccccc1)C(=O)CN(c1cccc([N+](=O)[O-])c1)S(C)(=O)=O. The Balaban J connectivity index is 2.40. The van der Waals surface area contributed by atoms with Crippen molar-refractivity contribution in [3.8, 4) is 0 Å². The maximum atomic E-state index is 13.6. The molecule has 0 aliphatic heterocycles. The molecule has 2 aromatic carbocycles. The lowest BCUT2D eigenvalue weighted by Crippen LogP contribution is -2.54. The number of sulfonamides is 1. The van der Waals surface area contributed by atoms with Crippen LogP contribution in [0, 0.1) is 10.1 Å². The van der Waals surface area contributed by atoms with Crippen LogP contribution in [0.4, 0.5) is 11.4 Å². The Labute approximate surface area is 212 Å². The number of carbonyl (C=O) groups excluding carboxylic acids is 2. The molecule has 0 bridgehead atoms. The van der Waals surface area contributed by atoms with Gasteiger partial charge < -0.3 is 10.2 Å². The van der Waals surface area contributed by atoms with E-state index in [0.29, 0.717) is 12.8 Å². The van der Waals surface area contributed by atoms with Crippen LogP contribution in [-0.2, 0) is 26.0 Å². The third kappa shape index (κ3) is 8.04. The summed E-state index contributed by atoms with van der Waals surface area (Å²) in [5.41, 5.74) is 0.667. The van der Waals surface area contributed by atoms with E-state index >= 15 is 0 Å². The van der Waals surface area contributed by atoms with Crippen molar-refractivity contribution in [2.75, 3.05) is 23.7 Å². The zero-order valence-electron chi connectivity index (χ0n) is 21.1. The first-order chi connectivity index (χ1) is 17.0. The molecule has 0 aliphatic rings. The first kappa shape index (κ1) is 28.8. The van der Waals surface area contributed by atoms with Crippen molar-refractivity contribution in [3.05, 3.63) is 70.3 Å². The predicted molar refractivity (Wildman–Crippen MR) is 139 cm³/mol. The minimum Gasteiger partial charge on any atom is -0.352 e. The summed E-state index contributed by atoms with van der Waals surface area (Å²) in [5.74, 6) is -0.886. The van der Waals surface area contributed by atoms with Gasteiger partial charge in [-0.05, 0) is 37.8 Å². The monoisotopic (exact) mass is 518 g/mol. The second kappa shape index (κ2) is 13.0. The van der Waals surface area contributed by atoms with Crippen molar-refractivity contribution in [3.63, 3.8) is 0 Å². The molecule has 2 unspecified atom stereocenters. The number of nitro benzene ring substituents is 1. The molecule has 0 saturated heterocycles. The fourth-order valence-electron chi connectivity index (χ4n) is 3.71. The second-order valence-electron chi connectivity index (χ2n) is 8.61. The summed E-state index contributed by atoms with van der Waals surface area (Å²) in [4.78, 5) is 38.6. The van der Waals surface area contributed by atoms with Crippen molar-refractivity contribution in [1.82, 2.24) is 10.2 Å². The smallest absolute Gasteiger partial charge is 0.271 e. The normalized spacial score (nSPS) is 12.9. The van der Waals surface area contributed by atoms with E-state index in [1.807, 2.05) is 44.2 Å². The van der Waals surface area contributed by atoms with Crippen LogP contribution in [0.15, 0.2) is 54.6 Å². The molecule has 0 radical (unpaired) electrons. The van der Waals surface area contributed by atoms with Crippen LogP contribution in [0.2, 0.25) is 0 Å². The van der Waals surface area contributed by atoms with Crippen LogP contribution in [0.1, 0.15) is 39.2 Å². The summed E-state index contributed by atoms with van der Waals surface area (Å²) < 4.78 is 26.1. The summed E-state index contributed by atoms with van der Waals surface area (Å²) in [5, 5.41) is 14.1. The second-order valence-corrected chi connectivity index (χ2v) is 10.5. The number of carbonyl (C=O) groups is 2. The molecule has 1 N–H and O–H groups in total. The van der Waals surface area contributed by atoms with E-state index in [0.717, 1.165) is 28.6 Å². The average Bonchev–Trinajstić information content (AvgIpc) is 2.84. The van der Waals surface area contributed by atoms with E-state index in [2.05, 4.69) is 5.32 Å². The number of nitrogens with one attached hydrogen (secondary N) is 1. The molecule has 0 saturated carbocycles. The molecule has 0 aromatic heterocycles. The highest BCUT2D eigenvalue weighted by Crippen LogP contribution is 2.23. The number of rotatable bonds is 13. The Morgan fingerprint density at radius 1 is 1.06 bits per heavy atom. The average molecular weight is 519 g/mol. The van der Waals surface area contributed by atoms with Crippen LogP contribution >= 0.6 is 0 Å². The summed E-state index contributed by atoms with van der Waals surface area (Å²) in [6, 6.07) is 13.7. The van der Waals surface area contributed by atoms with E-state index in [9.17, 15) is 28.1 Å². The molecule has 0 aliphatic carbocycles. The highest BCUT2D eigenvalue weighted by molar-refractivity contribution is 7.92. The van der Waals surface area contributed by atoms with Gasteiger partial charge in [-0.25, -0.2) is 8.42 Å². The molecule has 10 nitrogen and oxygen atoms in total.